The van der Waals surface area contributed by atoms with E-state index in [2.05, 4.69) is 61.7 Å². The number of nitrogens with zero attached hydrogens (tertiary/aromatic N) is 3. The van der Waals surface area contributed by atoms with E-state index in [9.17, 15) is 0 Å². The molecule has 1 aromatic heterocycles. The van der Waals surface area contributed by atoms with Gasteiger partial charge in [-0.05, 0) is 40.8 Å². The van der Waals surface area contributed by atoms with Crippen LogP contribution in [0.4, 0.5) is 5.69 Å². The number of halogens is 1. The maximum absolute atomic E-state index is 5.47. The van der Waals surface area contributed by atoms with Crippen LogP contribution in [-0.2, 0) is 0 Å². The summed E-state index contributed by atoms with van der Waals surface area (Å²) in [5, 5.41) is 0.942. The Hall–Kier alpha value is -2.09. The van der Waals surface area contributed by atoms with E-state index in [1.165, 1.54) is 0 Å². The highest BCUT2D eigenvalue weighted by molar-refractivity contribution is 14.1. The van der Waals surface area contributed by atoms with Crippen molar-refractivity contribution in [3.8, 4) is 22.8 Å². The van der Waals surface area contributed by atoms with Crippen molar-refractivity contribution in [2.75, 3.05) is 33.2 Å². The SMILES string of the molecule is COc1cc2c(-c3ccc(N(C)C)cc3)ncnc2c(I)c1OC. The van der Waals surface area contributed by atoms with Crippen molar-refractivity contribution >= 4 is 39.2 Å². The molecule has 0 aliphatic carbocycles. The van der Waals surface area contributed by atoms with Gasteiger partial charge in [0.25, 0.3) is 0 Å². The summed E-state index contributed by atoms with van der Waals surface area (Å²) >= 11 is 2.24. The van der Waals surface area contributed by atoms with Gasteiger partial charge in [-0.25, -0.2) is 9.97 Å². The predicted octanol–water partition coefficient (Wildman–Crippen LogP) is 3.98. The van der Waals surface area contributed by atoms with Gasteiger partial charge in [-0.3, -0.25) is 0 Å². The van der Waals surface area contributed by atoms with Gasteiger partial charge < -0.3 is 14.4 Å². The molecule has 0 atom stereocenters. The van der Waals surface area contributed by atoms with E-state index in [0.717, 1.165) is 31.4 Å². The van der Waals surface area contributed by atoms with Crippen LogP contribution in [0.15, 0.2) is 36.7 Å². The van der Waals surface area contributed by atoms with Gasteiger partial charge in [0.2, 0.25) is 0 Å². The molecule has 24 heavy (non-hydrogen) atoms. The molecule has 0 saturated heterocycles. The molecule has 0 spiro atoms. The van der Waals surface area contributed by atoms with Crippen LogP contribution >= 0.6 is 22.6 Å². The van der Waals surface area contributed by atoms with E-state index in [1.807, 2.05) is 20.2 Å². The van der Waals surface area contributed by atoms with Crippen molar-refractivity contribution in [3.63, 3.8) is 0 Å². The third kappa shape index (κ3) is 2.86. The van der Waals surface area contributed by atoms with Gasteiger partial charge in [0.15, 0.2) is 11.5 Å². The summed E-state index contributed by atoms with van der Waals surface area (Å²) in [6.45, 7) is 0. The predicted molar refractivity (Wildman–Crippen MR) is 105 cm³/mol. The summed E-state index contributed by atoms with van der Waals surface area (Å²) in [6, 6.07) is 10.2. The van der Waals surface area contributed by atoms with Gasteiger partial charge in [0.05, 0.1) is 29.0 Å². The molecule has 0 unspecified atom stereocenters. The monoisotopic (exact) mass is 435 g/mol. The highest BCUT2D eigenvalue weighted by atomic mass is 127. The van der Waals surface area contributed by atoms with Crippen LogP contribution in [-0.4, -0.2) is 38.3 Å². The lowest BCUT2D eigenvalue weighted by molar-refractivity contribution is 0.354. The molecule has 0 saturated carbocycles. The Morgan fingerprint density at radius 1 is 1.00 bits per heavy atom. The number of aromatic nitrogens is 2. The first-order valence-electron chi connectivity index (χ1n) is 7.39. The number of fused-ring (bicyclic) bond motifs is 1. The first-order valence-corrected chi connectivity index (χ1v) is 8.47. The van der Waals surface area contributed by atoms with Crippen molar-refractivity contribution in [1.82, 2.24) is 9.97 Å². The van der Waals surface area contributed by atoms with Gasteiger partial charge in [0.1, 0.15) is 6.33 Å². The summed E-state index contributed by atoms with van der Waals surface area (Å²) < 4.78 is 11.9. The number of hydrogen-bond acceptors (Lipinski definition) is 5. The first-order chi connectivity index (χ1) is 11.6. The van der Waals surface area contributed by atoms with E-state index >= 15 is 0 Å². The largest absolute Gasteiger partial charge is 0.493 e. The molecule has 0 amide bonds. The Morgan fingerprint density at radius 2 is 1.71 bits per heavy atom. The lowest BCUT2D eigenvalue weighted by Crippen LogP contribution is -2.08. The first kappa shape index (κ1) is 16.8. The Bertz CT molecular complexity index is 880. The van der Waals surface area contributed by atoms with Crippen LogP contribution in [0, 0.1) is 3.57 Å². The minimum atomic E-state index is 0.676. The molecule has 3 rings (SSSR count). The van der Waals surface area contributed by atoms with E-state index < -0.39 is 0 Å². The van der Waals surface area contributed by atoms with Gasteiger partial charge in [0, 0.05) is 30.7 Å². The van der Waals surface area contributed by atoms with E-state index in [4.69, 9.17) is 9.47 Å². The van der Waals surface area contributed by atoms with E-state index in [1.54, 1.807) is 20.5 Å². The molecular weight excluding hydrogens is 417 g/mol. The number of benzene rings is 2. The number of ether oxygens (including phenoxy) is 2. The standard InChI is InChI=1S/C18H18IN3O2/c1-22(2)12-7-5-11(6-8-12)16-13-9-14(23-3)18(24-4)15(19)17(13)21-10-20-16/h5-10H,1-4H3. The maximum atomic E-state index is 5.47. The fourth-order valence-electron chi connectivity index (χ4n) is 2.61. The van der Waals surface area contributed by atoms with Crippen molar-refractivity contribution in [3.05, 3.63) is 40.2 Å². The summed E-state index contributed by atoms with van der Waals surface area (Å²) in [5.74, 6) is 1.37. The van der Waals surface area contributed by atoms with Gasteiger partial charge in [-0.1, -0.05) is 12.1 Å². The Kier molecular flexibility index (Phi) is 4.75. The Morgan fingerprint density at radius 3 is 2.29 bits per heavy atom. The second-order valence-electron chi connectivity index (χ2n) is 5.49. The van der Waals surface area contributed by atoms with Crippen LogP contribution in [0.25, 0.3) is 22.2 Å². The van der Waals surface area contributed by atoms with Crippen LogP contribution < -0.4 is 14.4 Å². The summed E-state index contributed by atoms with van der Waals surface area (Å²) in [4.78, 5) is 11.0. The van der Waals surface area contributed by atoms with Crippen molar-refractivity contribution in [2.24, 2.45) is 0 Å². The molecule has 1 heterocycles. The molecule has 0 N–H and O–H groups in total. The van der Waals surface area contributed by atoms with Crippen LogP contribution in [0.3, 0.4) is 0 Å². The lowest BCUT2D eigenvalue weighted by Gasteiger charge is -2.15. The van der Waals surface area contributed by atoms with Gasteiger partial charge in [-0.15, -0.1) is 0 Å². The number of anilines is 1. The molecule has 3 aromatic rings. The van der Waals surface area contributed by atoms with Gasteiger partial charge in [-0.2, -0.15) is 0 Å². The van der Waals surface area contributed by atoms with Crippen molar-refractivity contribution in [2.45, 2.75) is 0 Å². The highest BCUT2D eigenvalue weighted by Crippen LogP contribution is 2.40. The second kappa shape index (κ2) is 6.80. The summed E-state index contributed by atoms with van der Waals surface area (Å²) in [5.41, 5.74) is 3.92. The number of hydrogen-bond donors (Lipinski definition) is 0. The quantitative estimate of drug-likeness (QED) is 0.581. The maximum Gasteiger partial charge on any atom is 0.176 e. The molecule has 5 nitrogen and oxygen atoms in total. The lowest BCUT2D eigenvalue weighted by atomic mass is 10.1. The van der Waals surface area contributed by atoms with Gasteiger partial charge >= 0.3 is 0 Å². The zero-order valence-electron chi connectivity index (χ0n) is 14.0. The summed E-state index contributed by atoms with van der Waals surface area (Å²) in [7, 11) is 7.31. The fourth-order valence-corrected chi connectivity index (χ4v) is 3.52. The zero-order valence-corrected chi connectivity index (χ0v) is 16.2. The van der Waals surface area contributed by atoms with Crippen LogP contribution in [0.2, 0.25) is 0 Å². The average Bonchev–Trinajstić information content (AvgIpc) is 2.61. The average molecular weight is 435 g/mol. The molecular formula is C18H18IN3O2. The van der Waals surface area contributed by atoms with Crippen molar-refractivity contribution in [1.29, 1.82) is 0 Å². The molecule has 0 fully saturated rings. The Balaban J connectivity index is 2.23. The zero-order chi connectivity index (χ0) is 17.3. The molecule has 6 heteroatoms. The minimum absolute atomic E-state index is 0.676. The van der Waals surface area contributed by atoms with E-state index in [0.29, 0.717) is 11.5 Å². The van der Waals surface area contributed by atoms with E-state index in [-0.39, 0.29) is 0 Å². The second-order valence-corrected chi connectivity index (χ2v) is 6.56. The fraction of sp³-hybridized carbons (Fsp3) is 0.222. The van der Waals surface area contributed by atoms with Crippen molar-refractivity contribution < 1.29 is 9.47 Å². The summed E-state index contributed by atoms with van der Waals surface area (Å²) in [6.07, 6.45) is 1.59. The molecule has 2 aromatic carbocycles. The normalized spacial score (nSPS) is 10.7. The molecule has 0 bridgehead atoms. The molecule has 0 aliphatic rings. The third-order valence-corrected chi connectivity index (χ3v) is 4.87. The number of methoxy groups -OCH3 is 2. The molecule has 124 valence electrons. The smallest absolute Gasteiger partial charge is 0.176 e. The Labute approximate surface area is 154 Å². The topological polar surface area (TPSA) is 47.5 Å². The van der Waals surface area contributed by atoms with Crippen LogP contribution in [0.5, 0.6) is 11.5 Å². The molecule has 0 aliphatic heterocycles. The number of rotatable bonds is 4. The highest BCUT2D eigenvalue weighted by Gasteiger charge is 2.17. The minimum Gasteiger partial charge on any atom is -0.493 e. The third-order valence-electron chi connectivity index (χ3n) is 3.87. The molecule has 0 radical (unpaired) electrons. The van der Waals surface area contributed by atoms with Crippen LogP contribution in [0.1, 0.15) is 0 Å².